The number of esters is 1. The van der Waals surface area contributed by atoms with Crippen LogP contribution in [0.5, 0.6) is 0 Å². The lowest BCUT2D eigenvalue weighted by molar-refractivity contribution is -0.305. The molecule has 2 aliphatic heterocycles. The van der Waals surface area contributed by atoms with E-state index in [1.807, 2.05) is 19.9 Å². The van der Waals surface area contributed by atoms with Gasteiger partial charge in [-0.15, -0.1) is 0 Å². The monoisotopic (exact) mass is 374 g/mol. The first-order chi connectivity index (χ1) is 12.6. The number of carbonyl (C=O) groups excluding carboxylic acids is 1. The smallest absolute Gasteiger partial charge is 0.306 e. The molecule has 6 heteroatoms. The summed E-state index contributed by atoms with van der Waals surface area (Å²) in [6, 6.07) is 0. The number of aliphatic hydroxyl groups excluding tert-OH is 2. The molecule has 0 aromatic heterocycles. The molecule has 3 N–H and O–H groups in total. The zero-order valence-corrected chi connectivity index (χ0v) is 15.6. The van der Waals surface area contributed by atoms with Gasteiger partial charge in [0.25, 0.3) is 0 Å². The number of hydrogen-bond donors (Lipinski definition) is 3. The molecular formula is C21H26O6. The Labute approximate surface area is 158 Å². The van der Waals surface area contributed by atoms with Crippen molar-refractivity contribution in [2.75, 3.05) is 6.61 Å². The zero-order chi connectivity index (χ0) is 19.5. The Bertz CT molecular complexity index is 815. The quantitative estimate of drug-likeness (QED) is 0.434. The second-order valence-electron chi connectivity index (χ2n) is 9.32. The first kappa shape index (κ1) is 17.6. The van der Waals surface area contributed by atoms with Gasteiger partial charge in [0.2, 0.25) is 0 Å². The first-order valence-corrected chi connectivity index (χ1v) is 9.56. The number of rotatable bonds is 0. The topological polar surface area (TPSA) is 96.2 Å². The maximum Gasteiger partial charge on any atom is 0.306 e. The summed E-state index contributed by atoms with van der Waals surface area (Å²) in [5.41, 5.74) is 0.533. The minimum Gasteiger partial charge on any atom is -0.462 e. The number of hydrogen-bond acceptors (Lipinski definition) is 6. The molecule has 1 spiro atoms. The highest BCUT2D eigenvalue weighted by Crippen LogP contribution is 2.73. The first-order valence-electron chi connectivity index (χ1n) is 9.56. The third-order valence-electron chi connectivity index (χ3n) is 8.31. The minimum absolute atomic E-state index is 0.106. The van der Waals surface area contributed by atoms with Crippen molar-refractivity contribution < 1.29 is 29.6 Å². The highest BCUT2D eigenvalue weighted by atomic mass is 16.6. The van der Waals surface area contributed by atoms with Gasteiger partial charge in [-0.05, 0) is 30.4 Å². The molecule has 0 amide bonds. The van der Waals surface area contributed by atoms with Crippen LogP contribution in [0.4, 0.5) is 0 Å². The molecule has 2 saturated heterocycles. The van der Waals surface area contributed by atoms with Crippen LogP contribution in [0, 0.1) is 28.6 Å². The standard InChI is InChI=1S/C21H26O6/c1-9-5-10(2)16(23)19(4)12(9)6-14-20-8-26-21(25,18(19)20)17(24)11(3)13(20)7-15(22)27-14/h5,12-14,16-18,23-25H,2-3,6-8H2,1,4H3/t12-,13-,14+,16+,17+,18+,19+,20+,21-/m0/s1. The Hall–Kier alpha value is -1.47. The van der Waals surface area contributed by atoms with E-state index < -0.39 is 40.8 Å². The van der Waals surface area contributed by atoms with E-state index in [1.165, 1.54) is 0 Å². The van der Waals surface area contributed by atoms with Crippen molar-refractivity contribution in [1.29, 1.82) is 0 Å². The molecule has 27 heavy (non-hydrogen) atoms. The van der Waals surface area contributed by atoms with Crippen LogP contribution in [0.15, 0.2) is 36.0 Å². The van der Waals surface area contributed by atoms with Crippen LogP contribution in [0.25, 0.3) is 0 Å². The number of ether oxygens (including phenoxy) is 2. The van der Waals surface area contributed by atoms with Gasteiger partial charge in [-0.25, -0.2) is 0 Å². The van der Waals surface area contributed by atoms with Gasteiger partial charge in [0, 0.05) is 22.7 Å². The van der Waals surface area contributed by atoms with Gasteiger partial charge in [-0.2, -0.15) is 0 Å². The predicted molar refractivity (Wildman–Crippen MR) is 95.1 cm³/mol. The van der Waals surface area contributed by atoms with E-state index in [0.717, 1.165) is 5.57 Å². The molecule has 0 aromatic carbocycles. The molecule has 0 unspecified atom stereocenters. The zero-order valence-electron chi connectivity index (χ0n) is 15.6. The average molecular weight is 374 g/mol. The third-order valence-corrected chi connectivity index (χ3v) is 8.31. The lowest BCUT2D eigenvalue weighted by atomic mass is 9.39. The maximum atomic E-state index is 12.3. The third kappa shape index (κ3) is 1.70. The van der Waals surface area contributed by atoms with Crippen molar-refractivity contribution in [2.24, 2.45) is 28.6 Å². The van der Waals surface area contributed by atoms with Crippen LogP contribution in [-0.4, -0.2) is 52.0 Å². The molecule has 2 heterocycles. The van der Waals surface area contributed by atoms with Gasteiger partial charge in [0.15, 0.2) is 5.79 Å². The van der Waals surface area contributed by atoms with E-state index in [1.54, 1.807) is 0 Å². The molecule has 9 atom stereocenters. The maximum absolute atomic E-state index is 12.3. The van der Waals surface area contributed by atoms with Gasteiger partial charge < -0.3 is 24.8 Å². The molecule has 0 aromatic rings. The lowest BCUT2D eigenvalue weighted by Crippen LogP contribution is -2.74. The normalized spacial score (nSPS) is 56.2. The predicted octanol–water partition coefficient (Wildman–Crippen LogP) is 1.07. The van der Waals surface area contributed by atoms with Crippen LogP contribution in [0.3, 0.4) is 0 Å². The average Bonchev–Trinajstić information content (AvgIpc) is 2.90. The summed E-state index contributed by atoms with van der Waals surface area (Å²) in [5, 5.41) is 33.7. The van der Waals surface area contributed by atoms with Crippen molar-refractivity contribution in [2.45, 2.75) is 50.8 Å². The van der Waals surface area contributed by atoms with Crippen molar-refractivity contribution in [3.05, 3.63) is 36.0 Å². The number of allylic oxidation sites excluding steroid dienone is 1. The summed E-state index contributed by atoms with van der Waals surface area (Å²) in [7, 11) is 0. The lowest BCUT2D eigenvalue weighted by Gasteiger charge is -2.67. The van der Waals surface area contributed by atoms with Crippen molar-refractivity contribution in [1.82, 2.24) is 0 Å². The fourth-order valence-corrected chi connectivity index (χ4v) is 7.30. The Balaban J connectivity index is 1.79. The Morgan fingerprint density at radius 3 is 2.63 bits per heavy atom. The van der Waals surface area contributed by atoms with Gasteiger partial charge in [-0.1, -0.05) is 31.7 Å². The molecule has 146 valence electrons. The molecule has 2 saturated carbocycles. The van der Waals surface area contributed by atoms with E-state index in [4.69, 9.17) is 9.47 Å². The molecular weight excluding hydrogens is 348 g/mol. The van der Waals surface area contributed by atoms with Crippen LogP contribution >= 0.6 is 0 Å². The van der Waals surface area contributed by atoms with Crippen molar-refractivity contribution >= 4 is 5.97 Å². The van der Waals surface area contributed by atoms with Gasteiger partial charge in [0.1, 0.15) is 12.2 Å². The molecule has 0 radical (unpaired) electrons. The van der Waals surface area contributed by atoms with Gasteiger partial charge in [0.05, 0.1) is 19.1 Å². The van der Waals surface area contributed by atoms with E-state index in [-0.39, 0.29) is 30.8 Å². The van der Waals surface area contributed by atoms with Crippen molar-refractivity contribution in [3.63, 3.8) is 0 Å². The van der Waals surface area contributed by atoms with E-state index in [0.29, 0.717) is 17.6 Å². The summed E-state index contributed by atoms with van der Waals surface area (Å²) < 4.78 is 11.7. The summed E-state index contributed by atoms with van der Waals surface area (Å²) in [4.78, 5) is 12.3. The summed E-state index contributed by atoms with van der Waals surface area (Å²) in [5.74, 6) is -3.28. The summed E-state index contributed by atoms with van der Waals surface area (Å²) in [6.45, 7) is 12.1. The highest BCUT2D eigenvalue weighted by Gasteiger charge is 2.81. The van der Waals surface area contributed by atoms with Crippen LogP contribution in [-0.2, 0) is 14.3 Å². The fraction of sp³-hybridized carbons (Fsp3) is 0.667. The molecule has 5 aliphatic rings. The number of aliphatic hydroxyl groups is 3. The van der Waals surface area contributed by atoms with Gasteiger partial charge in [-0.3, -0.25) is 4.79 Å². The fourth-order valence-electron chi connectivity index (χ4n) is 7.30. The Morgan fingerprint density at radius 1 is 1.22 bits per heavy atom. The largest absolute Gasteiger partial charge is 0.462 e. The van der Waals surface area contributed by atoms with Crippen LogP contribution in [0.1, 0.15) is 26.7 Å². The highest BCUT2D eigenvalue weighted by molar-refractivity contribution is 5.72. The van der Waals surface area contributed by atoms with Crippen LogP contribution in [0.2, 0.25) is 0 Å². The van der Waals surface area contributed by atoms with Crippen molar-refractivity contribution in [3.8, 4) is 0 Å². The SMILES string of the molecule is C=C1C=C(C)[C@@H]2C[C@H]3OC(=O)C[C@H]4C(=C)[C@@H](O)[C@]5(O)OC[C@]34[C@H]5[C@@]2(C)[C@@H]1O. The molecule has 5 rings (SSSR count). The van der Waals surface area contributed by atoms with Gasteiger partial charge >= 0.3 is 5.97 Å². The molecule has 2 bridgehead atoms. The summed E-state index contributed by atoms with van der Waals surface area (Å²) in [6.07, 6.45) is -0.134. The van der Waals surface area contributed by atoms with E-state index in [2.05, 4.69) is 13.2 Å². The number of carbonyl (C=O) groups is 1. The number of fused-ring (bicyclic) bond motifs is 1. The summed E-state index contributed by atoms with van der Waals surface area (Å²) >= 11 is 0. The van der Waals surface area contributed by atoms with E-state index >= 15 is 0 Å². The second-order valence-corrected chi connectivity index (χ2v) is 9.32. The molecule has 6 nitrogen and oxygen atoms in total. The van der Waals surface area contributed by atoms with E-state index in [9.17, 15) is 20.1 Å². The molecule has 4 fully saturated rings. The molecule has 3 aliphatic carbocycles. The minimum atomic E-state index is -1.87. The Morgan fingerprint density at radius 2 is 1.93 bits per heavy atom. The second kappa shape index (κ2) is 4.92. The van der Waals surface area contributed by atoms with Crippen LogP contribution < -0.4 is 0 Å². The Kier molecular flexibility index (Phi) is 3.21.